The van der Waals surface area contributed by atoms with Crippen LogP contribution in [0.4, 0.5) is 0 Å². The van der Waals surface area contributed by atoms with Crippen molar-refractivity contribution in [3.63, 3.8) is 0 Å². The number of hydrogen-bond acceptors (Lipinski definition) is 3. The Balaban J connectivity index is 2.44. The number of carbonyl (C=O) groups is 3. The van der Waals surface area contributed by atoms with Crippen LogP contribution in [0.15, 0.2) is 24.3 Å². The standard InChI is InChI=1S/C17H22O3/c1-3-16(19)5-4-6-17(20)15-11-9-14(10-12-15)8-7-13(2)18/h9-12H,3-8H2,1-2H3. The van der Waals surface area contributed by atoms with Crippen LogP contribution in [-0.2, 0) is 16.0 Å². The van der Waals surface area contributed by atoms with Crippen LogP contribution in [-0.4, -0.2) is 17.3 Å². The lowest BCUT2D eigenvalue weighted by Crippen LogP contribution is -2.02. The second-order valence-corrected chi connectivity index (χ2v) is 5.07. The molecule has 0 N–H and O–H groups in total. The molecule has 0 saturated heterocycles. The van der Waals surface area contributed by atoms with Crippen LogP contribution in [0.2, 0.25) is 0 Å². The molecule has 0 aliphatic carbocycles. The van der Waals surface area contributed by atoms with Gasteiger partial charge in [0.1, 0.15) is 11.6 Å². The van der Waals surface area contributed by atoms with Gasteiger partial charge in [0.05, 0.1) is 0 Å². The summed E-state index contributed by atoms with van der Waals surface area (Å²) in [7, 11) is 0. The molecule has 3 nitrogen and oxygen atoms in total. The molecule has 0 aliphatic rings. The fourth-order valence-electron chi connectivity index (χ4n) is 1.94. The van der Waals surface area contributed by atoms with Crippen LogP contribution in [0.25, 0.3) is 0 Å². The molecule has 0 aliphatic heterocycles. The number of carbonyl (C=O) groups excluding carboxylic acids is 3. The third kappa shape index (κ3) is 5.91. The van der Waals surface area contributed by atoms with E-state index >= 15 is 0 Å². The van der Waals surface area contributed by atoms with Crippen molar-refractivity contribution in [2.24, 2.45) is 0 Å². The zero-order valence-electron chi connectivity index (χ0n) is 12.3. The van der Waals surface area contributed by atoms with Gasteiger partial charge in [0, 0.05) is 31.2 Å². The van der Waals surface area contributed by atoms with E-state index in [1.54, 1.807) is 19.1 Å². The lowest BCUT2D eigenvalue weighted by atomic mass is 10.0. The van der Waals surface area contributed by atoms with Crippen molar-refractivity contribution in [2.75, 3.05) is 0 Å². The van der Waals surface area contributed by atoms with Crippen LogP contribution in [0.5, 0.6) is 0 Å². The van der Waals surface area contributed by atoms with Crippen LogP contribution < -0.4 is 0 Å². The summed E-state index contributed by atoms with van der Waals surface area (Å²) in [5.41, 5.74) is 1.75. The first-order valence-corrected chi connectivity index (χ1v) is 7.16. The second kappa shape index (κ2) is 8.41. The molecule has 0 spiro atoms. The average molecular weight is 274 g/mol. The SMILES string of the molecule is CCC(=O)CCCC(=O)c1ccc(CCC(C)=O)cc1. The van der Waals surface area contributed by atoms with Gasteiger partial charge in [-0.05, 0) is 25.3 Å². The number of ketones is 3. The maximum absolute atomic E-state index is 11.9. The van der Waals surface area contributed by atoms with Crippen molar-refractivity contribution in [1.29, 1.82) is 0 Å². The minimum Gasteiger partial charge on any atom is -0.300 e. The Labute approximate surface area is 120 Å². The van der Waals surface area contributed by atoms with Crippen LogP contribution >= 0.6 is 0 Å². The number of rotatable bonds is 9. The summed E-state index contributed by atoms with van der Waals surface area (Å²) in [6.07, 6.45) is 3.31. The summed E-state index contributed by atoms with van der Waals surface area (Å²) in [6.45, 7) is 3.42. The highest BCUT2D eigenvalue weighted by Crippen LogP contribution is 2.11. The Morgan fingerprint density at radius 1 is 0.950 bits per heavy atom. The van der Waals surface area contributed by atoms with E-state index in [2.05, 4.69) is 0 Å². The zero-order valence-corrected chi connectivity index (χ0v) is 12.3. The summed E-state index contributed by atoms with van der Waals surface area (Å²) in [6, 6.07) is 7.40. The zero-order chi connectivity index (χ0) is 15.0. The molecule has 1 aromatic carbocycles. The predicted octanol–water partition coefficient (Wildman–Crippen LogP) is 3.54. The van der Waals surface area contributed by atoms with Gasteiger partial charge in [0.25, 0.3) is 0 Å². The monoisotopic (exact) mass is 274 g/mol. The van der Waals surface area contributed by atoms with Gasteiger partial charge >= 0.3 is 0 Å². The van der Waals surface area contributed by atoms with Gasteiger partial charge in [-0.1, -0.05) is 31.2 Å². The van der Waals surface area contributed by atoms with Crippen LogP contribution in [0, 0.1) is 0 Å². The highest BCUT2D eigenvalue weighted by atomic mass is 16.1. The van der Waals surface area contributed by atoms with E-state index in [0.717, 1.165) is 12.0 Å². The number of Topliss-reactive ketones (excluding diaryl/α,β-unsaturated/α-hetero) is 3. The average Bonchev–Trinajstić information content (AvgIpc) is 2.45. The smallest absolute Gasteiger partial charge is 0.162 e. The normalized spacial score (nSPS) is 10.3. The van der Waals surface area contributed by atoms with Crippen molar-refractivity contribution in [2.45, 2.75) is 52.4 Å². The van der Waals surface area contributed by atoms with Crippen molar-refractivity contribution < 1.29 is 14.4 Å². The molecule has 3 heteroatoms. The molecular weight excluding hydrogens is 252 g/mol. The maximum atomic E-state index is 11.9. The molecule has 0 fully saturated rings. The molecule has 1 aromatic rings. The third-order valence-electron chi connectivity index (χ3n) is 3.30. The van der Waals surface area contributed by atoms with E-state index < -0.39 is 0 Å². The van der Waals surface area contributed by atoms with Crippen molar-refractivity contribution in [3.8, 4) is 0 Å². The lowest BCUT2D eigenvalue weighted by molar-refractivity contribution is -0.119. The molecular formula is C17H22O3. The summed E-state index contributed by atoms with van der Waals surface area (Å²) >= 11 is 0. The first kappa shape index (κ1) is 16.3. The molecule has 0 atom stereocenters. The van der Waals surface area contributed by atoms with E-state index in [4.69, 9.17) is 0 Å². The molecule has 0 aromatic heterocycles. The topological polar surface area (TPSA) is 51.2 Å². The van der Waals surface area contributed by atoms with Crippen LogP contribution in [0.3, 0.4) is 0 Å². The first-order valence-electron chi connectivity index (χ1n) is 7.16. The molecule has 0 saturated carbocycles. The minimum atomic E-state index is 0.0759. The van der Waals surface area contributed by atoms with Gasteiger partial charge in [0.15, 0.2) is 5.78 Å². The van der Waals surface area contributed by atoms with Gasteiger partial charge < -0.3 is 4.79 Å². The summed E-state index contributed by atoms with van der Waals surface area (Å²) in [5, 5.41) is 0. The lowest BCUT2D eigenvalue weighted by Gasteiger charge is -2.03. The van der Waals surface area contributed by atoms with Gasteiger partial charge in [-0.2, -0.15) is 0 Å². The van der Waals surface area contributed by atoms with Gasteiger partial charge in [-0.3, -0.25) is 9.59 Å². The van der Waals surface area contributed by atoms with E-state index in [1.807, 2.05) is 19.1 Å². The molecule has 0 unspecified atom stereocenters. The number of aryl methyl sites for hydroxylation is 1. The maximum Gasteiger partial charge on any atom is 0.162 e. The van der Waals surface area contributed by atoms with E-state index in [-0.39, 0.29) is 17.3 Å². The molecule has 0 bridgehead atoms. The van der Waals surface area contributed by atoms with Crippen molar-refractivity contribution in [3.05, 3.63) is 35.4 Å². The Hall–Kier alpha value is -1.77. The highest BCUT2D eigenvalue weighted by Gasteiger charge is 2.07. The minimum absolute atomic E-state index is 0.0759. The van der Waals surface area contributed by atoms with E-state index in [9.17, 15) is 14.4 Å². The predicted molar refractivity (Wildman–Crippen MR) is 78.9 cm³/mol. The molecule has 108 valence electrons. The van der Waals surface area contributed by atoms with E-state index in [1.165, 1.54) is 0 Å². The van der Waals surface area contributed by atoms with Crippen molar-refractivity contribution in [1.82, 2.24) is 0 Å². The third-order valence-corrected chi connectivity index (χ3v) is 3.30. The molecule has 0 amide bonds. The molecule has 20 heavy (non-hydrogen) atoms. The van der Waals surface area contributed by atoms with Gasteiger partial charge in [-0.25, -0.2) is 0 Å². The summed E-state index contributed by atoms with van der Waals surface area (Å²) in [4.78, 5) is 34.0. The highest BCUT2D eigenvalue weighted by molar-refractivity contribution is 5.96. The largest absolute Gasteiger partial charge is 0.300 e. The second-order valence-electron chi connectivity index (χ2n) is 5.07. The molecule has 0 radical (unpaired) electrons. The number of benzene rings is 1. The Kier molecular flexibility index (Phi) is 6.85. The quantitative estimate of drug-likeness (QED) is 0.647. The fraction of sp³-hybridized carbons (Fsp3) is 0.471. The molecule has 0 heterocycles. The molecule has 1 rings (SSSR count). The Morgan fingerprint density at radius 3 is 2.15 bits per heavy atom. The van der Waals surface area contributed by atoms with Crippen LogP contribution in [0.1, 0.15) is 61.9 Å². The Bertz CT molecular complexity index is 472. The van der Waals surface area contributed by atoms with Gasteiger partial charge in [0.2, 0.25) is 0 Å². The summed E-state index contributed by atoms with van der Waals surface area (Å²) in [5.74, 6) is 0.454. The first-order chi connectivity index (χ1) is 9.52. The fourth-order valence-corrected chi connectivity index (χ4v) is 1.94. The summed E-state index contributed by atoms with van der Waals surface area (Å²) < 4.78 is 0. The van der Waals surface area contributed by atoms with Crippen molar-refractivity contribution >= 4 is 17.3 Å². The Morgan fingerprint density at radius 2 is 1.60 bits per heavy atom. The number of hydrogen-bond donors (Lipinski definition) is 0. The van der Waals surface area contributed by atoms with Gasteiger partial charge in [-0.15, -0.1) is 0 Å². The van der Waals surface area contributed by atoms with E-state index in [0.29, 0.717) is 37.7 Å².